The number of hydrogen-bond acceptors (Lipinski definition) is 2. The standard InChI is InChI=1S/C37H27NO/c1-37(2)31-14-6-5-11-30(31)34-26(12-7-15-32(34)37)24-17-20-25(21-18-24)38-33-16-8-13-28-29-22-19-23-9-3-4-10-27(23)35(29)39-36(28)33/h3-22,38H,1-2H3/i3D,4D,5D,6D,7D,8D,9D,10D,11D,12D,13D,14D,15D,16D,17D,18D,19D,20D,21D,22D. The third-order valence-corrected chi connectivity index (χ3v) is 6.92. The van der Waals surface area contributed by atoms with Gasteiger partial charge in [0.25, 0.3) is 0 Å². The summed E-state index contributed by atoms with van der Waals surface area (Å²) in [7, 11) is 0. The number of fused-ring (bicyclic) bond motifs is 8. The second kappa shape index (κ2) is 8.09. The predicted octanol–water partition coefficient (Wildman–Crippen LogP) is 10.5. The van der Waals surface area contributed by atoms with Crippen LogP contribution in [0.2, 0.25) is 0 Å². The highest BCUT2D eigenvalue weighted by molar-refractivity contribution is 6.17. The summed E-state index contributed by atoms with van der Waals surface area (Å²) in [6.45, 7) is 3.16. The first-order valence-electron chi connectivity index (χ1n) is 21.9. The Morgan fingerprint density at radius 3 is 2.18 bits per heavy atom. The minimum absolute atomic E-state index is 0.0288. The van der Waals surface area contributed by atoms with Crippen molar-refractivity contribution in [3.63, 3.8) is 0 Å². The summed E-state index contributed by atoms with van der Waals surface area (Å²) in [6.07, 6.45) is 0. The van der Waals surface area contributed by atoms with Crippen molar-refractivity contribution in [1.82, 2.24) is 0 Å². The fourth-order valence-corrected chi connectivity index (χ4v) is 5.06. The Balaban J connectivity index is 1.44. The molecule has 0 radical (unpaired) electrons. The summed E-state index contributed by atoms with van der Waals surface area (Å²) in [6, 6.07) is -13.1. The maximum atomic E-state index is 9.19. The highest BCUT2D eigenvalue weighted by atomic mass is 16.3. The molecule has 0 unspecified atom stereocenters. The molecule has 0 aliphatic heterocycles. The van der Waals surface area contributed by atoms with E-state index >= 15 is 0 Å². The summed E-state index contributed by atoms with van der Waals surface area (Å²) in [4.78, 5) is 0. The van der Waals surface area contributed by atoms with E-state index in [0.717, 1.165) is 0 Å². The fourth-order valence-electron chi connectivity index (χ4n) is 5.06. The maximum Gasteiger partial charge on any atom is 0.158 e. The van der Waals surface area contributed by atoms with Gasteiger partial charge in [-0.25, -0.2) is 0 Å². The lowest BCUT2D eigenvalue weighted by atomic mass is 9.82. The van der Waals surface area contributed by atoms with Gasteiger partial charge in [0, 0.05) is 27.3 Å². The van der Waals surface area contributed by atoms with Crippen molar-refractivity contribution >= 4 is 44.1 Å². The molecule has 0 spiro atoms. The van der Waals surface area contributed by atoms with Gasteiger partial charge in [0.1, 0.15) is 5.58 Å². The van der Waals surface area contributed by atoms with Gasteiger partial charge in [0.2, 0.25) is 0 Å². The Morgan fingerprint density at radius 2 is 1.28 bits per heavy atom. The van der Waals surface area contributed by atoms with E-state index in [0.29, 0.717) is 0 Å². The van der Waals surface area contributed by atoms with Crippen molar-refractivity contribution in [3.05, 3.63) is 132 Å². The molecule has 0 bridgehead atoms. The molecule has 0 saturated heterocycles. The zero-order valence-electron chi connectivity index (χ0n) is 40.4. The van der Waals surface area contributed by atoms with Crippen molar-refractivity contribution in [3.8, 4) is 22.3 Å². The summed E-state index contributed by atoms with van der Waals surface area (Å²) in [5, 5.41) is 1.41. The van der Waals surface area contributed by atoms with Crippen LogP contribution >= 0.6 is 0 Å². The molecule has 2 heteroatoms. The Hall–Kier alpha value is -4.82. The second-order valence-electron chi connectivity index (χ2n) is 9.51. The van der Waals surface area contributed by atoms with Gasteiger partial charge in [-0.3, -0.25) is 0 Å². The molecule has 2 nitrogen and oxygen atoms in total. The number of nitrogens with one attached hydrogen (secondary N) is 1. The van der Waals surface area contributed by atoms with Crippen molar-refractivity contribution in [1.29, 1.82) is 0 Å². The third-order valence-electron chi connectivity index (χ3n) is 6.92. The number of benzene rings is 6. The van der Waals surface area contributed by atoms with Gasteiger partial charge in [-0.05, 0) is 62.9 Å². The molecule has 1 heterocycles. The molecule has 8 rings (SSSR count). The van der Waals surface area contributed by atoms with Crippen LogP contribution in [0.4, 0.5) is 11.4 Å². The van der Waals surface area contributed by atoms with Crippen LogP contribution in [0.15, 0.2) is 125 Å². The number of furan rings is 1. The second-order valence-corrected chi connectivity index (χ2v) is 9.51. The summed E-state index contributed by atoms with van der Waals surface area (Å²) < 4.78 is 181. The van der Waals surface area contributed by atoms with E-state index in [1.165, 1.54) is 0 Å². The molecule has 6 aromatic carbocycles. The molecule has 39 heavy (non-hydrogen) atoms. The molecular formula is C37H27NO. The van der Waals surface area contributed by atoms with E-state index in [2.05, 4.69) is 5.32 Å². The number of hydrogen-bond donors (Lipinski definition) is 1. The highest BCUT2D eigenvalue weighted by Crippen LogP contribution is 2.52. The summed E-state index contributed by atoms with van der Waals surface area (Å²) in [5.41, 5.74) is -4.24. The molecule has 0 fully saturated rings. The van der Waals surface area contributed by atoms with Crippen molar-refractivity contribution in [2.45, 2.75) is 19.3 Å². The fraction of sp³-hybridized carbons (Fsp3) is 0.0811. The van der Waals surface area contributed by atoms with E-state index in [1.54, 1.807) is 13.8 Å². The lowest BCUT2D eigenvalue weighted by Gasteiger charge is -2.21. The molecule has 1 aliphatic carbocycles. The van der Waals surface area contributed by atoms with E-state index < -0.39 is 149 Å². The predicted molar refractivity (Wildman–Crippen MR) is 164 cm³/mol. The molecule has 7 aromatic rings. The monoisotopic (exact) mass is 521 g/mol. The Labute approximate surface area is 255 Å². The molecule has 186 valence electrons. The molecule has 1 aliphatic rings. The largest absolute Gasteiger partial charge is 0.453 e. The van der Waals surface area contributed by atoms with Crippen LogP contribution in [-0.4, -0.2) is 0 Å². The van der Waals surface area contributed by atoms with Crippen molar-refractivity contribution in [2.24, 2.45) is 0 Å². The minimum Gasteiger partial charge on any atom is -0.453 e. The smallest absolute Gasteiger partial charge is 0.158 e. The topological polar surface area (TPSA) is 25.2 Å². The SMILES string of the molecule is [2H]c1c([2H])c([2H])c2c(c1[2H])-c1c(-c3c([2H])c([2H])c(Nc4c([2H])c([2H])c([2H])c5c4oc4c6c([2H])c([2H])c([2H])c([2H])c6c([2H])c([2H])c45)c([2H])c3[2H])c([2H])c([2H])c([2H])c1C2(C)C. The first-order valence-corrected chi connectivity index (χ1v) is 11.9. The number of rotatable bonds is 3. The van der Waals surface area contributed by atoms with Crippen LogP contribution < -0.4 is 5.32 Å². The van der Waals surface area contributed by atoms with E-state index in [-0.39, 0.29) is 54.9 Å². The zero-order chi connectivity index (χ0) is 43.5. The summed E-state index contributed by atoms with van der Waals surface area (Å²) >= 11 is 0. The van der Waals surface area contributed by atoms with E-state index in [9.17, 15) is 2.74 Å². The van der Waals surface area contributed by atoms with Crippen LogP contribution in [0.1, 0.15) is 52.4 Å². The average molecular weight is 522 g/mol. The van der Waals surface area contributed by atoms with Gasteiger partial charge in [-0.1, -0.05) is 111 Å². The van der Waals surface area contributed by atoms with E-state index in [4.69, 9.17) is 29.1 Å². The first-order chi connectivity index (χ1) is 27.4. The Bertz CT molecular complexity index is 3140. The lowest BCUT2D eigenvalue weighted by molar-refractivity contribution is 0.660. The molecule has 0 saturated carbocycles. The van der Waals surface area contributed by atoms with Gasteiger partial charge in [-0.15, -0.1) is 0 Å². The van der Waals surface area contributed by atoms with Crippen LogP contribution in [0.3, 0.4) is 0 Å². The Morgan fingerprint density at radius 1 is 0.590 bits per heavy atom. The molecule has 0 atom stereocenters. The van der Waals surface area contributed by atoms with Crippen molar-refractivity contribution in [2.75, 3.05) is 5.32 Å². The quantitative estimate of drug-likeness (QED) is 0.250. The Kier molecular flexibility index (Phi) is 2.08. The van der Waals surface area contributed by atoms with E-state index in [1.807, 2.05) is 0 Å². The van der Waals surface area contributed by atoms with Crippen LogP contribution in [0.25, 0.3) is 55.0 Å². The zero-order valence-corrected chi connectivity index (χ0v) is 20.4. The van der Waals surface area contributed by atoms with Gasteiger partial charge < -0.3 is 9.73 Å². The number of anilines is 2. The van der Waals surface area contributed by atoms with Crippen LogP contribution in [-0.2, 0) is 5.41 Å². The maximum absolute atomic E-state index is 9.19. The van der Waals surface area contributed by atoms with Gasteiger partial charge in [-0.2, -0.15) is 0 Å². The van der Waals surface area contributed by atoms with Crippen LogP contribution in [0.5, 0.6) is 0 Å². The lowest BCUT2D eigenvalue weighted by Crippen LogP contribution is -2.14. The molecular weight excluding hydrogens is 474 g/mol. The summed E-state index contributed by atoms with van der Waals surface area (Å²) in [5.74, 6) is 0. The molecule has 1 N–H and O–H groups in total. The number of para-hydroxylation sites is 1. The normalized spacial score (nSPS) is 20.8. The average Bonchev–Trinajstić information content (AvgIpc) is 3.70. The minimum atomic E-state index is -1.34. The first kappa shape index (κ1) is 10.1. The third kappa shape index (κ3) is 3.21. The van der Waals surface area contributed by atoms with Crippen molar-refractivity contribution < 1.29 is 31.8 Å². The van der Waals surface area contributed by atoms with Gasteiger partial charge >= 0.3 is 0 Å². The van der Waals surface area contributed by atoms with Crippen LogP contribution in [0, 0.1) is 0 Å². The van der Waals surface area contributed by atoms with Gasteiger partial charge in [0.05, 0.1) is 33.1 Å². The highest BCUT2D eigenvalue weighted by Gasteiger charge is 2.36. The van der Waals surface area contributed by atoms with Gasteiger partial charge in [0.15, 0.2) is 5.58 Å². The molecule has 0 amide bonds. The molecule has 1 aromatic heterocycles.